The largest absolute Gasteiger partial charge is 0.461 e. The molecule has 0 fully saturated rings. The molecule has 0 aliphatic carbocycles. The Morgan fingerprint density at radius 3 is 3.00 bits per heavy atom. The van der Waals surface area contributed by atoms with E-state index in [1.165, 1.54) is 5.38 Å². The molecule has 0 radical (unpaired) electrons. The molecule has 0 aromatic carbocycles. The molecule has 1 heterocycles. The summed E-state index contributed by atoms with van der Waals surface area (Å²) in [7, 11) is 0. The van der Waals surface area contributed by atoms with Gasteiger partial charge in [0, 0.05) is 17.8 Å². The van der Waals surface area contributed by atoms with Crippen molar-refractivity contribution in [3.8, 4) is 12.3 Å². The number of carbonyl (C=O) groups excluding carboxylic acids is 2. The highest BCUT2D eigenvalue weighted by Crippen LogP contribution is 2.11. The van der Waals surface area contributed by atoms with Gasteiger partial charge in [-0.15, -0.1) is 23.7 Å². The quantitative estimate of drug-likeness (QED) is 0.647. The maximum absolute atomic E-state index is 11.7. The van der Waals surface area contributed by atoms with Crippen LogP contribution in [0.4, 0.5) is 0 Å². The summed E-state index contributed by atoms with van der Waals surface area (Å²) in [6, 6.07) is -0.129. The summed E-state index contributed by atoms with van der Waals surface area (Å²) in [6.45, 7) is 3.79. The molecule has 1 N–H and O–H groups in total. The van der Waals surface area contributed by atoms with E-state index in [2.05, 4.69) is 16.2 Å². The third-order valence-corrected chi connectivity index (χ3v) is 2.81. The molecule has 0 spiro atoms. The fourth-order valence-electron chi connectivity index (χ4n) is 1.19. The van der Waals surface area contributed by atoms with E-state index in [-0.39, 0.29) is 29.3 Å². The fraction of sp³-hybridized carbons (Fsp3) is 0.417. The van der Waals surface area contributed by atoms with E-state index < -0.39 is 5.97 Å². The summed E-state index contributed by atoms with van der Waals surface area (Å²) in [5.41, 5.74) is 0.201. The van der Waals surface area contributed by atoms with E-state index in [0.29, 0.717) is 6.42 Å². The second kappa shape index (κ2) is 6.77. The van der Waals surface area contributed by atoms with Crippen molar-refractivity contribution >= 4 is 23.2 Å². The molecule has 96 valence electrons. The zero-order valence-corrected chi connectivity index (χ0v) is 11.0. The molecular formula is C12H14N2O3S. The maximum Gasteiger partial charge on any atom is 0.367 e. The first-order valence-electron chi connectivity index (χ1n) is 5.45. The smallest absolute Gasteiger partial charge is 0.367 e. The van der Waals surface area contributed by atoms with Gasteiger partial charge in [0.25, 0.3) is 5.91 Å². The van der Waals surface area contributed by atoms with Gasteiger partial charge in [0.05, 0.1) is 6.61 Å². The summed E-state index contributed by atoms with van der Waals surface area (Å²) in [5, 5.41) is 4.38. The van der Waals surface area contributed by atoms with Crippen molar-refractivity contribution in [2.75, 3.05) is 6.61 Å². The van der Waals surface area contributed by atoms with Gasteiger partial charge in [-0.3, -0.25) is 4.79 Å². The average Bonchev–Trinajstić information content (AvgIpc) is 2.78. The molecule has 1 rings (SSSR count). The Morgan fingerprint density at radius 1 is 1.67 bits per heavy atom. The molecule has 0 aliphatic rings. The van der Waals surface area contributed by atoms with Gasteiger partial charge in [-0.25, -0.2) is 9.78 Å². The zero-order valence-electron chi connectivity index (χ0n) is 10.2. The maximum atomic E-state index is 11.7. The molecule has 6 heteroatoms. The van der Waals surface area contributed by atoms with Crippen molar-refractivity contribution in [2.24, 2.45) is 0 Å². The molecule has 1 aromatic rings. The second-order valence-corrected chi connectivity index (χ2v) is 4.40. The van der Waals surface area contributed by atoms with Crippen LogP contribution in [0.5, 0.6) is 0 Å². The van der Waals surface area contributed by atoms with E-state index in [0.717, 1.165) is 11.3 Å². The van der Waals surface area contributed by atoms with Crippen molar-refractivity contribution in [3.63, 3.8) is 0 Å². The lowest BCUT2D eigenvalue weighted by Gasteiger charge is -2.08. The van der Waals surface area contributed by atoms with Gasteiger partial charge in [-0.1, -0.05) is 0 Å². The van der Waals surface area contributed by atoms with Crippen LogP contribution < -0.4 is 5.32 Å². The first kappa shape index (κ1) is 14.2. The minimum atomic E-state index is -0.516. The number of nitrogens with zero attached hydrogens (tertiary/aromatic N) is 1. The fourth-order valence-corrected chi connectivity index (χ4v) is 1.88. The molecule has 5 nitrogen and oxygen atoms in total. The highest BCUT2D eigenvalue weighted by Gasteiger charge is 2.17. The molecule has 1 unspecified atom stereocenters. The first-order chi connectivity index (χ1) is 8.58. The number of nitrogens with one attached hydrogen (secondary N) is 1. The Bertz CT molecular complexity index is 476. The van der Waals surface area contributed by atoms with E-state index >= 15 is 0 Å². The van der Waals surface area contributed by atoms with Gasteiger partial charge < -0.3 is 10.1 Å². The lowest BCUT2D eigenvalue weighted by molar-refractivity contribution is 0.0526. The Kier molecular flexibility index (Phi) is 5.33. The summed E-state index contributed by atoms with van der Waals surface area (Å²) in [5.74, 6) is 1.60. The molecule has 1 aromatic heterocycles. The average molecular weight is 266 g/mol. The lowest BCUT2D eigenvalue weighted by Crippen LogP contribution is -2.32. The number of ether oxygens (including phenoxy) is 1. The Morgan fingerprint density at radius 2 is 2.39 bits per heavy atom. The Balaban J connectivity index is 2.65. The number of amides is 1. The second-order valence-electron chi connectivity index (χ2n) is 3.54. The molecule has 0 bridgehead atoms. The zero-order chi connectivity index (χ0) is 13.5. The number of hydrogen-bond acceptors (Lipinski definition) is 5. The van der Waals surface area contributed by atoms with E-state index in [1.54, 1.807) is 13.8 Å². The minimum absolute atomic E-state index is 0.129. The standard InChI is InChI=1S/C12H14N2O3S/c1-4-6-8(3)13-10(15)9-7-18-11(14-9)12(16)17-5-2/h1,7-8H,5-6H2,2-3H3,(H,13,15). The van der Waals surface area contributed by atoms with Gasteiger partial charge in [-0.05, 0) is 13.8 Å². The van der Waals surface area contributed by atoms with Gasteiger partial charge in [0.1, 0.15) is 5.69 Å². The number of aromatic nitrogens is 1. The van der Waals surface area contributed by atoms with Gasteiger partial charge in [0.15, 0.2) is 0 Å². The van der Waals surface area contributed by atoms with Crippen molar-refractivity contribution in [3.05, 3.63) is 16.1 Å². The number of hydrogen-bond donors (Lipinski definition) is 1. The van der Waals surface area contributed by atoms with Crippen molar-refractivity contribution in [1.29, 1.82) is 0 Å². The molecule has 0 saturated heterocycles. The number of terminal acetylenes is 1. The summed E-state index contributed by atoms with van der Waals surface area (Å²) < 4.78 is 4.79. The van der Waals surface area contributed by atoms with Gasteiger partial charge in [-0.2, -0.15) is 0 Å². The van der Waals surface area contributed by atoms with Crippen LogP contribution in [0.2, 0.25) is 0 Å². The van der Waals surface area contributed by atoms with Crippen molar-refractivity contribution in [2.45, 2.75) is 26.3 Å². The molecule has 1 amide bonds. The van der Waals surface area contributed by atoms with Gasteiger partial charge >= 0.3 is 5.97 Å². The number of carbonyl (C=O) groups is 2. The molecule has 1 atom stereocenters. The van der Waals surface area contributed by atoms with Crippen LogP contribution >= 0.6 is 11.3 Å². The molecular weight excluding hydrogens is 252 g/mol. The predicted octanol–water partition coefficient (Wildman–Crippen LogP) is 1.46. The third-order valence-electron chi connectivity index (χ3n) is 1.99. The van der Waals surface area contributed by atoms with E-state index in [1.807, 2.05) is 0 Å². The van der Waals surface area contributed by atoms with Crippen LogP contribution in [-0.4, -0.2) is 29.5 Å². The van der Waals surface area contributed by atoms with Crippen LogP contribution in [0.25, 0.3) is 0 Å². The topological polar surface area (TPSA) is 68.3 Å². The number of rotatable bonds is 5. The number of thiazole rings is 1. The Hall–Kier alpha value is -1.87. The van der Waals surface area contributed by atoms with E-state index in [4.69, 9.17) is 11.2 Å². The van der Waals surface area contributed by atoms with Crippen LogP contribution in [0.3, 0.4) is 0 Å². The van der Waals surface area contributed by atoms with Crippen LogP contribution in [0.15, 0.2) is 5.38 Å². The van der Waals surface area contributed by atoms with Crippen molar-refractivity contribution in [1.82, 2.24) is 10.3 Å². The summed E-state index contributed by atoms with van der Waals surface area (Å²) >= 11 is 1.08. The monoisotopic (exact) mass is 266 g/mol. The van der Waals surface area contributed by atoms with Crippen LogP contribution in [0.1, 0.15) is 40.6 Å². The lowest BCUT2D eigenvalue weighted by atomic mass is 10.2. The minimum Gasteiger partial charge on any atom is -0.461 e. The van der Waals surface area contributed by atoms with Crippen molar-refractivity contribution < 1.29 is 14.3 Å². The van der Waals surface area contributed by atoms with Gasteiger partial charge in [0.2, 0.25) is 5.01 Å². The van der Waals surface area contributed by atoms with Crippen LogP contribution in [0, 0.1) is 12.3 Å². The van der Waals surface area contributed by atoms with Crippen LogP contribution in [-0.2, 0) is 4.74 Å². The first-order valence-corrected chi connectivity index (χ1v) is 6.33. The predicted molar refractivity (Wildman–Crippen MR) is 68.4 cm³/mol. The molecule has 0 saturated carbocycles. The summed E-state index contributed by atoms with van der Waals surface area (Å²) in [4.78, 5) is 27.0. The number of esters is 1. The highest BCUT2D eigenvalue weighted by atomic mass is 32.1. The Labute approximate surface area is 110 Å². The van der Waals surface area contributed by atoms with E-state index in [9.17, 15) is 9.59 Å². The SMILES string of the molecule is C#CCC(C)NC(=O)c1csc(C(=O)OCC)n1. The molecule has 18 heavy (non-hydrogen) atoms. The highest BCUT2D eigenvalue weighted by molar-refractivity contribution is 7.11. The summed E-state index contributed by atoms with van der Waals surface area (Å²) in [6.07, 6.45) is 5.59. The normalized spacial score (nSPS) is 11.4. The molecule has 0 aliphatic heterocycles. The third kappa shape index (κ3) is 3.86.